The summed E-state index contributed by atoms with van der Waals surface area (Å²) < 4.78 is 14.4. The van der Waals surface area contributed by atoms with E-state index in [-0.39, 0.29) is 16.9 Å². The van der Waals surface area contributed by atoms with Crippen molar-refractivity contribution < 1.29 is 14.0 Å². The number of likely N-dealkylation sites (tertiary alicyclic amines) is 1. The average molecular weight is 407 g/mol. The molecule has 0 aliphatic carbocycles. The predicted octanol–water partition coefficient (Wildman–Crippen LogP) is 4.06. The van der Waals surface area contributed by atoms with Gasteiger partial charge in [0.25, 0.3) is 0 Å². The summed E-state index contributed by atoms with van der Waals surface area (Å²) in [6, 6.07) is 5.92. The molecule has 1 aliphatic heterocycles. The molecule has 0 saturated carbocycles. The Bertz CT molecular complexity index is 774. The van der Waals surface area contributed by atoms with Crippen LogP contribution in [0.15, 0.2) is 34.9 Å². The molecule has 0 unspecified atom stereocenters. The topological polar surface area (TPSA) is 53.2 Å². The molecule has 25 heavy (non-hydrogen) atoms. The van der Waals surface area contributed by atoms with E-state index < -0.39 is 11.6 Å². The summed E-state index contributed by atoms with van der Waals surface area (Å²) in [5.41, 5.74) is 0.683. The van der Waals surface area contributed by atoms with Crippen LogP contribution in [0.4, 0.5) is 4.39 Å². The van der Waals surface area contributed by atoms with Crippen molar-refractivity contribution in [1.82, 2.24) is 9.88 Å². The Morgan fingerprint density at radius 3 is 2.72 bits per heavy atom. The van der Waals surface area contributed by atoms with Crippen LogP contribution < -0.4 is 0 Å². The minimum absolute atomic E-state index is 0.00111. The van der Waals surface area contributed by atoms with E-state index in [1.165, 1.54) is 24.4 Å². The number of carbonyl (C=O) groups is 2. The highest BCUT2D eigenvalue weighted by Crippen LogP contribution is 2.25. The van der Waals surface area contributed by atoms with Gasteiger partial charge in [0, 0.05) is 22.7 Å². The molecule has 2 heterocycles. The molecule has 1 aromatic heterocycles. The van der Waals surface area contributed by atoms with Gasteiger partial charge in [0.1, 0.15) is 5.82 Å². The Morgan fingerprint density at radius 2 is 2.04 bits per heavy atom. The number of hydrogen-bond donors (Lipinski definition) is 1. The Kier molecular flexibility index (Phi) is 5.49. The number of Topliss-reactive ketones (excluding diaryl/α,β-unsaturated/α-hetero) is 1. The van der Waals surface area contributed by atoms with Gasteiger partial charge in [0.15, 0.2) is 11.6 Å². The predicted molar refractivity (Wildman–Crippen MR) is 97.5 cm³/mol. The van der Waals surface area contributed by atoms with Crippen LogP contribution >= 0.6 is 15.9 Å². The van der Waals surface area contributed by atoms with Gasteiger partial charge in [-0.15, -0.1) is 0 Å². The molecule has 0 spiro atoms. The van der Waals surface area contributed by atoms with Crippen LogP contribution in [0.5, 0.6) is 0 Å². The van der Waals surface area contributed by atoms with E-state index >= 15 is 0 Å². The number of aromatic nitrogens is 1. The van der Waals surface area contributed by atoms with Gasteiger partial charge >= 0.3 is 0 Å². The zero-order valence-corrected chi connectivity index (χ0v) is 15.6. The third-order valence-corrected chi connectivity index (χ3v) is 5.41. The molecule has 1 N–H and O–H groups in total. The Hall–Kier alpha value is -1.79. The first-order chi connectivity index (χ1) is 12.0. The van der Waals surface area contributed by atoms with Crippen molar-refractivity contribution in [2.24, 2.45) is 5.92 Å². The van der Waals surface area contributed by atoms with Crippen molar-refractivity contribution in [3.63, 3.8) is 0 Å². The maximum Gasteiger partial charge on any atom is 0.198 e. The third-order valence-electron chi connectivity index (χ3n) is 4.75. The highest BCUT2D eigenvalue weighted by atomic mass is 79.9. The number of ketones is 2. The molecular formula is C19H20BrFN2O2. The number of H-pyrrole nitrogens is 1. The van der Waals surface area contributed by atoms with Crippen molar-refractivity contribution in [3.8, 4) is 0 Å². The minimum atomic E-state index is -0.584. The first kappa shape index (κ1) is 18.0. The smallest absolute Gasteiger partial charge is 0.198 e. The molecule has 0 bridgehead atoms. The molecule has 0 radical (unpaired) electrons. The Labute approximate surface area is 154 Å². The first-order valence-corrected chi connectivity index (χ1v) is 9.14. The number of rotatable bonds is 5. The third kappa shape index (κ3) is 4.07. The van der Waals surface area contributed by atoms with Crippen LogP contribution in [0.2, 0.25) is 0 Å². The van der Waals surface area contributed by atoms with E-state index in [4.69, 9.17) is 0 Å². The fourth-order valence-corrected chi connectivity index (χ4v) is 3.71. The summed E-state index contributed by atoms with van der Waals surface area (Å²) in [5, 5.41) is 0. The molecule has 6 heteroatoms. The molecule has 1 aliphatic rings. The lowest BCUT2D eigenvalue weighted by molar-refractivity contribution is 0.0931. The second-order valence-electron chi connectivity index (χ2n) is 6.60. The van der Waals surface area contributed by atoms with Crippen LogP contribution in [-0.2, 0) is 0 Å². The summed E-state index contributed by atoms with van der Waals surface area (Å²) in [6.07, 6.45) is 3.97. The van der Waals surface area contributed by atoms with E-state index in [0.29, 0.717) is 22.5 Å². The maximum absolute atomic E-state index is 14.0. The number of nitrogens with zero attached hydrogens (tertiary/aromatic N) is 1. The molecule has 1 saturated heterocycles. The number of benzene rings is 1. The summed E-state index contributed by atoms with van der Waals surface area (Å²) in [5.74, 6) is -0.646. The number of hydrogen-bond acceptors (Lipinski definition) is 3. The number of aromatic amines is 1. The number of carbonyl (C=O) groups excluding carboxylic acids is 2. The van der Waals surface area contributed by atoms with E-state index in [1.54, 1.807) is 6.07 Å². The van der Waals surface area contributed by atoms with Crippen molar-refractivity contribution >= 4 is 27.5 Å². The highest BCUT2D eigenvalue weighted by molar-refractivity contribution is 9.10. The molecule has 132 valence electrons. The van der Waals surface area contributed by atoms with Gasteiger partial charge in [0.05, 0.1) is 11.3 Å². The van der Waals surface area contributed by atoms with Gasteiger partial charge in [-0.2, -0.15) is 0 Å². The summed E-state index contributed by atoms with van der Waals surface area (Å²) in [6.45, 7) is 2.02. The van der Waals surface area contributed by atoms with Crippen LogP contribution in [0.3, 0.4) is 0 Å². The molecule has 3 rings (SSSR count). The SMILES string of the molecule is CN1CCC(CC(=O)c2cc(C(=O)c3c(F)cccc3Br)c[nH]2)CC1. The number of piperidine rings is 1. The second kappa shape index (κ2) is 7.62. The van der Waals surface area contributed by atoms with Gasteiger partial charge < -0.3 is 9.88 Å². The molecule has 1 fully saturated rings. The van der Waals surface area contributed by atoms with Crippen LogP contribution in [0.25, 0.3) is 0 Å². The van der Waals surface area contributed by atoms with Gasteiger partial charge in [0.2, 0.25) is 0 Å². The van der Waals surface area contributed by atoms with E-state index in [2.05, 4.69) is 32.9 Å². The van der Waals surface area contributed by atoms with Gasteiger partial charge in [-0.05, 0) is 73.0 Å². The fraction of sp³-hybridized carbons (Fsp3) is 0.368. The van der Waals surface area contributed by atoms with Crippen LogP contribution in [0, 0.1) is 11.7 Å². The zero-order chi connectivity index (χ0) is 18.0. The van der Waals surface area contributed by atoms with E-state index in [0.717, 1.165) is 25.9 Å². The lowest BCUT2D eigenvalue weighted by Gasteiger charge is -2.28. The van der Waals surface area contributed by atoms with Crippen LogP contribution in [-0.4, -0.2) is 41.6 Å². The first-order valence-electron chi connectivity index (χ1n) is 8.34. The second-order valence-corrected chi connectivity index (χ2v) is 7.46. The van der Waals surface area contributed by atoms with Crippen molar-refractivity contribution in [2.75, 3.05) is 20.1 Å². The largest absolute Gasteiger partial charge is 0.358 e. The zero-order valence-electron chi connectivity index (χ0n) is 14.0. The van der Waals surface area contributed by atoms with E-state index in [1.807, 2.05) is 0 Å². The van der Waals surface area contributed by atoms with Crippen LogP contribution in [0.1, 0.15) is 45.7 Å². The number of nitrogens with one attached hydrogen (secondary N) is 1. The molecule has 4 nitrogen and oxygen atoms in total. The summed E-state index contributed by atoms with van der Waals surface area (Å²) in [7, 11) is 2.09. The molecule has 0 atom stereocenters. The number of halogens is 2. The molecule has 1 aromatic carbocycles. The Morgan fingerprint density at radius 1 is 1.32 bits per heavy atom. The summed E-state index contributed by atoms with van der Waals surface area (Å²) in [4.78, 5) is 30.1. The van der Waals surface area contributed by atoms with E-state index in [9.17, 15) is 14.0 Å². The quantitative estimate of drug-likeness (QED) is 0.761. The van der Waals surface area contributed by atoms with Crippen molar-refractivity contribution in [2.45, 2.75) is 19.3 Å². The lowest BCUT2D eigenvalue weighted by atomic mass is 9.91. The minimum Gasteiger partial charge on any atom is -0.358 e. The summed E-state index contributed by atoms with van der Waals surface area (Å²) >= 11 is 3.21. The molecule has 0 amide bonds. The average Bonchev–Trinajstić information content (AvgIpc) is 3.07. The molecular weight excluding hydrogens is 387 g/mol. The normalized spacial score (nSPS) is 16.1. The van der Waals surface area contributed by atoms with Gasteiger partial charge in [-0.25, -0.2) is 4.39 Å². The highest BCUT2D eigenvalue weighted by Gasteiger charge is 2.23. The van der Waals surface area contributed by atoms with Crippen molar-refractivity contribution in [3.05, 3.63) is 57.6 Å². The van der Waals surface area contributed by atoms with Gasteiger partial charge in [-0.3, -0.25) is 9.59 Å². The lowest BCUT2D eigenvalue weighted by Crippen LogP contribution is -2.31. The maximum atomic E-state index is 14.0. The standard InChI is InChI=1S/C19H20BrFN2O2/c1-23-7-5-12(6-8-23)9-17(24)16-10-13(11-22-16)19(25)18-14(20)3-2-4-15(18)21/h2-4,10-12,22H,5-9H2,1H3. The molecule has 2 aromatic rings. The Balaban J connectivity index is 1.71. The fourth-order valence-electron chi connectivity index (χ4n) is 3.18. The van der Waals surface area contributed by atoms with Gasteiger partial charge in [-0.1, -0.05) is 6.07 Å². The monoisotopic (exact) mass is 406 g/mol. The van der Waals surface area contributed by atoms with Crippen molar-refractivity contribution in [1.29, 1.82) is 0 Å².